The molecule has 1 rings (SSSR count). The first-order valence-corrected chi connectivity index (χ1v) is 4.99. The fraction of sp³-hybridized carbons (Fsp3) is 0.500. The summed E-state index contributed by atoms with van der Waals surface area (Å²) >= 11 is 3.56. The summed E-state index contributed by atoms with van der Waals surface area (Å²) in [6, 6.07) is 0. The molecule has 0 saturated carbocycles. The van der Waals surface area contributed by atoms with Gasteiger partial charge in [0.2, 0.25) is 0 Å². The summed E-state index contributed by atoms with van der Waals surface area (Å²) in [6.45, 7) is 3.90. The monoisotopic (exact) mass is 244 g/mol. The number of esters is 1. The number of ether oxygens (including phenoxy) is 1. The van der Waals surface area contributed by atoms with Crippen molar-refractivity contribution >= 4 is 21.9 Å². The highest BCUT2D eigenvalue weighted by Gasteiger charge is 2.17. The molecule has 0 radical (unpaired) electrons. The minimum Gasteiger partial charge on any atom is -0.461 e. The Bertz CT molecular complexity index is 264. The second-order valence-electron chi connectivity index (χ2n) is 3.37. The normalized spacial score (nSPS) is 26.8. The van der Waals surface area contributed by atoms with Crippen molar-refractivity contribution in [3.05, 3.63) is 23.8 Å². The Morgan fingerprint density at radius 2 is 2.46 bits per heavy atom. The summed E-state index contributed by atoms with van der Waals surface area (Å²) < 4.78 is 4.94. The molecule has 1 aliphatic carbocycles. The Morgan fingerprint density at radius 3 is 2.92 bits per heavy atom. The molecule has 0 spiro atoms. The first kappa shape index (κ1) is 10.5. The predicted molar refractivity (Wildman–Crippen MR) is 55.8 cm³/mol. The van der Waals surface area contributed by atoms with Crippen LogP contribution in [0.4, 0.5) is 0 Å². The maximum atomic E-state index is 10.5. The Labute approximate surface area is 86.8 Å². The van der Waals surface area contributed by atoms with Gasteiger partial charge in [0.05, 0.1) is 0 Å². The summed E-state index contributed by atoms with van der Waals surface area (Å²) in [7, 11) is 0. The topological polar surface area (TPSA) is 26.3 Å². The van der Waals surface area contributed by atoms with Crippen molar-refractivity contribution in [2.45, 2.75) is 24.6 Å². The third-order valence-electron chi connectivity index (χ3n) is 1.85. The molecule has 72 valence electrons. The number of carbonyl (C=O) groups is 1. The van der Waals surface area contributed by atoms with E-state index in [9.17, 15) is 4.79 Å². The smallest absolute Gasteiger partial charge is 0.302 e. The number of allylic oxidation sites excluding steroid dienone is 2. The molecule has 0 fully saturated rings. The molecule has 0 aromatic rings. The van der Waals surface area contributed by atoms with Gasteiger partial charge in [-0.25, -0.2) is 0 Å². The second kappa shape index (κ2) is 4.09. The van der Waals surface area contributed by atoms with Crippen molar-refractivity contribution < 1.29 is 9.53 Å². The van der Waals surface area contributed by atoms with Crippen molar-refractivity contribution in [3.63, 3.8) is 0 Å². The minimum atomic E-state index is -0.235. The average Bonchev–Trinajstić information content (AvgIpc) is 2.02. The van der Waals surface area contributed by atoms with Crippen LogP contribution in [-0.2, 0) is 9.53 Å². The third-order valence-corrected chi connectivity index (χ3v) is 2.44. The number of halogens is 1. The van der Waals surface area contributed by atoms with E-state index in [1.807, 2.05) is 6.08 Å². The second-order valence-corrected chi connectivity index (χ2v) is 5.19. The molecule has 0 amide bonds. The van der Waals surface area contributed by atoms with Crippen LogP contribution >= 0.6 is 15.9 Å². The van der Waals surface area contributed by atoms with Gasteiger partial charge in [0, 0.05) is 11.2 Å². The van der Waals surface area contributed by atoms with E-state index in [2.05, 4.69) is 35.0 Å². The van der Waals surface area contributed by atoms with Gasteiger partial charge in [-0.1, -0.05) is 34.2 Å². The van der Waals surface area contributed by atoms with Crippen molar-refractivity contribution in [2.75, 3.05) is 6.61 Å². The molecule has 0 heterocycles. The maximum absolute atomic E-state index is 10.5. The highest BCUT2D eigenvalue weighted by Crippen LogP contribution is 2.28. The SMILES string of the molecule is CC(=O)OCC1=CCC(C)(Br)C=C1. The molecule has 0 N–H and O–H groups in total. The van der Waals surface area contributed by atoms with Gasteiger partial charge >= 0.3 is 5.97 Å². The Balaban J connectivity index is 2.44. The van der Waals surface area contributed by atoms with E-state index in [0.717, 1.165) is 12.0 Å². The third kappa shape index (κ3) is 3.77. The fourth-order valence-electron chi connectivity index (χ4n) is 1.04. The fourth-order valence-corrected chi connectivity index (χ4v) is 1.33. The first-order chi connectivity index (χ1) is 5.99. The van der Waals surface area contributed by atoms with Crippen LogP contribution in [0.25, 0.3) is 0 Å². The maximum Gasteiger partial charge on any atom is 0.302 e. The van der Waals surface area contributed by atoms with E-state index in [1.54, 1.807) is 0 Å². The quantitative estimate of drug-likeness (QED) is 0.552. The number of hydrogen-bond acceptors (Lipinski definition) is 2. The molecule has 13 heavy (non-hydrogen) atoms. The van der Waals surface area contributed by atoms with Crippen molar-refractivity contribution in [1.82, 2.24) is 0 Å². The molecule has 1 aliphatic rings. The highest BCUT2D eigenvalue weighted by molar-refractivity contribution is 9.10. The molecule has 1 unspecified atom stereocenters. The van der Waals surface area contributed by atoms with E-state index in [1.165, 1.54) is 6.92 Å². The molecule has 0 aliphatic heterocycles. The summed E-state index contributed by atoms with van der Waals surface area (Å²) in [5, 5.41) is 0. The zero-order valence-electron chi connectivity index (χ0n) is 7.84. The van der Waals surface area contributed by atoms with Crippen molar-refractivity contribution in [2.24, 2.45) is 0 Å². The summed E-state index contributed by atoms with van der Waals surface area (Å²) in [5.41, 5.74) is 1.06. The van der Waals surface area contributed by atoms with Crippen molar-refractivity contribution in [3.8, 4) is 0 Å². The Morgan fingerprint density at radius 1 is 1.77 bits per heavy atom. The molecule has 0 bridgehead atoms. The van der Waals surface area contributed by atoms with Gasteiger partial charge in [0.1, 0.15) is 6.61 Å². The van der Waals surface area contributed by atoms with Gasteiger partial charge < -0.3 is 4.74 Å². The summed E-state index contributed by atoms with van der Waals surface area (Å²) in [5.74, 6) is -0.235. The average molecular weight is 245 g/mol. The number of carbonyl (C=O) groups excluding carboxylic acids is 1. The van der Waals surface area contributed by atoms with E-state index in [0.29, 0.717) is 6.61 Å². The Kier molecular flexibility index (Phi) is 3.31. The molecule has 0 aromatic carbocycles. The molecular weight excluding hydrogens is 232 g/mol. The lowest BCUT2D eigenvalue weighted by molar-refractivity contribution is -0.139. The standard InChI is InChI=1S/C10H13BrO2/c1-8(12)13-7-9-3-5-10(2,11)6-4-9/h3-5H,6-7H2,1-2H3. The van der Waals surface area contributed by atoms with E-state index in [4.69, 9.17) is 4.74 Å². The molecule has 2 nitrogen and oxygen atoms in total. The van der Waals surface area contributed by atoms with Crippen LogP contribution < -0.4 is 0 Å². The van der Waals surface area contributed by atoms with E-state index >= 15 is 0 Å². The minimum absolute atomic E-state index is 0.0622. The molecule has 0 aromatic heterocycles. The largest absolute Gasteiger partial charge is 0.461 e. The van der Waals surface area contributed by atoms with Gasteiger partial charge in [-0.15, -0.1) is 0 Å². The molecule has 1 atom stereocenters. The number of hydrogen-bond donors (Lipinski definition) is 0. The highest BCUT2D eigenvalue weighted by atomic mass is 79.9. The lowest BCUT2D eigenvalue weighted by Gasteiger charge is -2.20. The predicted octanol–water partition coefficient (Wildman–Crippen LogP) is 2.59. The number of rotatable bonds is 2. The van der Waals surface area contributed by atoms with Gasteiger partial charge in [-0.05, 0) is 18.9 Å². The number of alkyl halides is 1. The molecule has 3 heteroatoms. The summed E-state index contributed by atoms with van der Waals surface area (Å²) in [4.78, 5) is 10.5. The van der Waals surface area contributed by atoms with Crippen LogP contribution in [0.1, 0.15) is 20.3 Å². The first-order valence-electron chi connectivity index (χ1n) is 4.20. The lowest BCUT2D eigenvalue weighted by atomic mass is 9.99. The van der Waals surface area contributed by atoms with Crippen LogP contribution in [-0.4, -0.2) is 16.9 Å². The van der Waals surface area contributed by atoms with Gasteiger partial charge in [-0.3, -0.25) is 4.79 Å². The van der Waals surface area contributed by atoms with Crippen molar-refractivity contribution in [1.29, 1.82) is 0 Å². The van der Waals surface area contributed by atoms with Crippen LogP contribution in [0.2, 0.25) is 0 Å². The summed E-state index contributed by atoms with van der Waals surface area (Å²) in [6.07, 6.45) is 7.07. The molecular formula is C10H13BrO2. The van der Waals surface area contributed by atoms with Gasteiger partial charge in [0.25, 0.3) is 0 Å². The zero-order chi connectivity index (χ0) is 9.90. The van der Waals surface area contributed by atoms with E-state index in [-0.39, 0.29) is 10.3 Å². The van der Waals surface area contributed by atoms with Crippen LogP contribution in [0.15, 0.2) is 23.8 Å². The van der Waals surface area contributed by atoms with Gasteiger partial charge in [-0.2, -0.15) is 0 Å². The molecule has 0 saturated heterocycles. The van der Waals surface area contributed by atoms with Crippen LogP contribution in [0.5, 0.6) is 0 Å². The van der Waals surface area contributed by atoms with Gasteiger partial charge in [0.15, 0.2) is 0 Å². The van der Waals surface area contributed by atoms with Crippen LogP contribution in [0.3, 0.4) is 0 Å². The Hall–Kier alpha value is -0.570. The lowest BCUT2D eigenvalue weighted by Crippen LogP contribution is -2.14. The van der Waals surface area contributed by atoms with E-state index < -0.39 is 0 Å². The van der Waals surface area contributed by atoms with Crippen LogP contribution in [0, 0.1) is 0 Å². The zero-order valence-corrected chi connectivity index (χ0v) is 9.43.